The Bertz CT molecular complexity index is 397. The summed E-state index contributed by atoms with van der Waals surface area (Å²) < 4.78 is 5.37. The van der Waals surface area contributed by atoms with Crippen molar-refractivity contribution in [2.75, 3.05) is 20.6 Å². The Labute approximate surface area is 103 Å². The minimum absolute atomic E-state index is 0.223. The molecule has 3 heteroatoms. The molecule has 17 heavy (non-hydrogen) atoms. The monoisotopic (exact) mass is 235 g/mol. The molecule has 1 aromatic rings. The third-order valence-electron chi connectivity index (χ3n) is 2.55. The lowest BCUT2D eigenvalue weighted by Crippen LogP contribution is -2.25. The van der Waals surface area contributed by atoms with Crippen LogP contribution in [0.1, 0.15) is 30.9 Å². The third-order valence-corrected chi connectivity index (χ3v) is 2.55. The summed E-state index contributed by atoms with van der Waals surface area (Å²) in [7, 11) is 3.69. The lowest BCUT2D eigenvalue weighted by Gasteiger charge is -2.13. The zero-order valence-corrected chi connectivity index (χ0v) is 11.3. The van der Waals surface area contributed by atoms with Crippen molar-refractivity contribution in [1.82, 2.24) is 4.90 Å². The fourth-order valence-electron chi connectivity index (χ4n) is 1.50. The molecule has 0 bridgehead atoms. The smallest absolute Gasteiger partial charge is 0.325 e. The summed E-state index contributed by atoms with van der Waals surface area (Å²) in [5.74, 6) is 0.879. The maximum absolute atomic E-state index is 11.6. The summed E-state index contributed by atoms with van der Waals surface area (Å²) in [5, 5.41) is 0. The summed E-state index contributed by atoms with van der Waals surface area (Å²) in [6.07, 6.45) is 0. The molecule has 0 radical (unpaired) electrons. The van der Waals surface area contributed by atoms with Crippen LogP contribution >= 0.6 is 0 Å². The van der Waals surface area contributed by atoms with Crippen LogP contribution in [-0.2, 0) is 4.79 Å². The van der Waals surface area contributed by atoms with Crippen LogP contribution < -0.4 is 4.74 Å². The van der Waals surface area contributed by atoms with E-state index in [1.807, 2.05) is 33.2 Å². The molecule has 1 aromatic carbocycles. The van der Waals surface area contributed by atoms with Gasteiger partial charge in [-0.2, -0.15) is 0 Å². The van der Waals surface area contributed by atoms with Gasteiger partial charge < -0.3 is 4.74 Å². The number of benzene rings is 1. The van der Waals surface area contributed by atoms with Gasteiger partial charge in [-0.3, -0.25) is 9.69 Å². The molecule has 0 aliphatic carbocycles. The number of carbonyl (C=O) groups excluding carboxylic acids is 1. The zero-order valence-electron chi connectivity index (χ0n) is 11.3. The minimum Gasteiger partial charge on any atom is -0.425 e. The SMILES string of the molecule is Cc1ccc(C(C)C)cc1OC(=O)CN(C)C. The predicted octanol–water partition coefficient (Wildman–Crippen LogP) is 2.59. The van der Waals surface area contributed by atoms with Crippen molar-refractivity contribution in [3.63, 3.8) is 0 Å². The average molecular weight is 235 g/mol. The summed E-state index contributed by atoms with van der Waals surface area (Å²) in [6.45, 7) is 6.49. The molecule has 0 heterocycles. The van der Waals surface area contributed by atoms with Gasteiger partial charge in [-0.05, 0) is 44.1 Å². The Hall–Kier alpha value is -1.35. The van der Waals surface area contributed by atoms with Crippen LogP contribution in [0.5, 0.6) is 5.75 Å². The molecule has 1 rings (SSSR count). The quantitative estimate of drug-likeness (QED) is 0.593. The Kier molecular flexibility index (Phi) is 4.70. The van der Waals surface area contributed by atoms with Crippen LogP contribution in [-0.4, -0.2) is 31.5 Å². The largest absolute Gasteiger partial charge is 0.425 e. The standard InChI is InChI=1S/C14H21NO2/c1-10(2)12-7-6-11(3)13(8-12)17-14(16)9-15(4)5/h6-8,10H,9H2,1-5H3. The van der Waals surface area contributed by atoms with Crippen LogP contribution in [0.2, 0.25) is 0 Å². The molecule has 3 nitrogen and oxygen atoms in total. The van der Waals surface area contributed by atoms with E-state index in [0.29, 0.717) is 18.2 Å². The van der Waals surface area contributed by atoms with Crippen molar-refractivity contribution < 1.29 is 9.53 Å². The van der Waals surface area contributed by atoms with Gasteiger partial charge in [-0.15, -0.1) is 0 Å². The average Bonchev–Trinajstić information content (AvgIpc) is 2.19. The van der Waals surface area contributed by atoms with E-state index >= 15 is 0 Å². The normalized spacial score (nSPS) is 11.0. The second-order valence-corrected chi connectivity index (χ2v) is 4.89. The fraction of sp³-hybridized carbons (Fsp3) is 0.500. The number of rotatable bonds is 4. The van der Waals surface area contributed by atoms with Gasteiger partial charge in [-0.25, -0.2) is 0 Å². The molecule has 0 saturated heterocycles. The third kappa shape index (κ3) is 4.19. The number of hydrogen-bond donors (Lipinski definition) is 0. The number of nitrogens with zero attached hydrogens (tertiary/aromatic N) is 1. The molecule has 0 N–H and O–H groups in total. The number of likely N-dealkylation sites (N-methyl/N-ethyl adjacent to an activating group) is 1. The van der Waals surface area contributed by atoms with Gasteiger partial charge in [-0.1, -0.05) is 26.0 Å². The highest BCUT2D eigenvalue weighted by Crippen LogP contribution is 2.24. The molecule has 0 unspecified atom stereocenters. The second kappa shape index (κ2) is 5.82. The number of hydrogen-bond acceptors (Lipinski definition) is 3. The van der Waals surface area contributed by atoms with E-state index in [9.17, 15) is 4.79 Å². The first-order valence-corrected chi connectivity index (χ1v) is 5.86. The molecule has 94 valence electrons. The van der Waals surface area contributed by atoms with Crippen molar-refractivity contribution in [1.29, 1.82) is 0 Å². The molecular weight excluding hydrogens is 214 g/mol. The molecule has 0 aliphatic rings. The second-order valence-electron chi connectivity index (χ2n) is 4.89. The van der Waals surface area contributed by atoms with Crippen molar-refractivity contribution in [3.8, 4) is 5.75 Å². The van der Waals surface area contributed by atoms with Crippen molar-refractivity contribution in [3.05, 3.63) is 29.3 Å². The van der Waals surface area contributed by atoms with E-state index in [2.05, 4.69) is 19.9 Å². The van der Waals surface area contributed by atoms with Crippen LogP contribution in [0.4, 0.5) is 0 Å². The van der Waals surface area contributed by atoms with Gasteiger partial charge in [0.15, 0.2) is 0 Å². The maximum Gasteiger partial charge on any atom is 0.325 e. The van der Waals surface area contributed by atoms with E-state index < -0.39 is 0 Å². The number of aryl methyl sites for hydroxylation is 1. The molecule has 0 aliphatic heterocycles. The zero-order chi connectivity index (χ0) is 13.0. The summed E-state index contributed by atoms with van der Waals surface area (Å²) in [4.78, 5) is 13.4. The Morgan fingerprint density at radius 3 is 2.53 bits per heavy atom. The minimum atomic E-state index is -0.223. The maximum atomic E-state index is 11.6. The van der Waals surface area contributed by atoms with E-state index in [1.54, 1.807) is 4.90 Å². The number of esters is 1. The fourth-order valence-corrected chi connectivity index (χ4v) is 1.50. The molecule has 0 spiro atoms. The first-order valence-electron chi connectivity index (χ1n) is 5.86. The van der Waals surface area contributed by atoms with Crippen molar-refractivity contribution >= 4 is 5.97 Å². The van der Waals surface area contributed by atoms with Gasteiger partial charge in [0.25, 0.3) is 0 Å². The highest BCUT2D eigenvalue weighted by atomic mass is 16.5. The van der Waals surface area contributed by atoms with E-state index in [0.717, 1.165) is 5.56 Å². The van der Waals surface area contributed by atoms with E-state index in [1.165, 1.54) is 5.56 Å². The van der Waals surface area contributed by atoms with Crippen molar-refractivity contribution in [2.45, 2.75) is 26.7 Å². The lowest BCUT2D eigenvalue weighted by molar-refractivity contribution is -0.135. The number of ether oxygens (including phenoxy) is 1. The number of carbonyl (C=O) groups is 1. The lowest BCUT2D eigenvalue weighted by atomic mass is 10.0. The highest BCUT2D eigenvalue weighted by Gasteiger charge is 2.10. The van der Waals surface area contributed by atoms with Crippen LogP contribution in [0, 0.1) is 6.92 Å². The van der Waals surface area contributed by atoms with Gasteiger partial charge in [0.05, 0.1) is 6.54 Å². The Morgan fingerprint density at radius 1 is 1.35 bits per heavy atom. The molecule has 0 fully saturated rings. The summed E-state index contributed by atoms with van der Waals surface area (Å²) >= 11 is 0. The van der Waals surface area contributed by atoms with Gasteiger partial charge in [0, 0.05) is 0 Å². The molecule has 0 amide bonds. The van der Waals surface area contributed by atoms with Gasteiger partial charge in [0.2, 0.25) is 0 Å². The first kappa shape index (κ1) is 13.7. The summed E-state index contributed by atoms with van der Waals surface area (Å²) in [5.41, 5.74) is 2.17. The molecular formula is C14H21NO2. The van der Waals surface area contributed by atoms with Crippen LogP contribution in [0.25, 0.3) is 0 Å². The van der Waals surface area contributed by atoms with Crippen LogP contribution in [0.3, 0.4) is 0 Å². The first-order chi connectivity index (χ1) is 7.90. The van der Waals surface area contributed by atoms with Gasteiger partial charge in [0.1, 0.15) is 5.75 Å². The molecule has 0 aromatic heterocycles. The highest BCUT2D eigenvalue weighted by molar-refractivity contribution is 5.74. The molecule has 0 atom stereocenters. The topological polar surface area (TPSA) is 29.5 Å². The summed E-state index contributed by atoms with van der Waals surface area (Å²) in [6, 6.07) is 6.02. The van der Waals surface area contributed by atoms with Crippen LogP contribution in [0.15, 0.2) is 18.2 Å². The van der Waals surface area contributed by atoms with Gasteiger partial charge >= 0.3 is 5.97 Å². The Balaban J connectivity index is 2.82. The predicted molar refractivity (Wildman–Crippen MR) is 69.5 cm³/mol. The van der Waals surface area contributed by atoms with E-state index in [-0.39, 0.29) is 5.97 Å². The Morgan fingerprint density at radius 2 is 2.00 bits per heavy atom. The van der Waals surface area contributed by atoms with Crippen molar-refractivity contribution in [2.24, 2.45) is 0 Å². The van der Waals surface area contributed by atoms with E-state index in [4.69, 9.17) is 4.74 Å². The molecule has 0 saturated carbocycles.